The maximum absolute atomic E-state index is 10.8. The Morgan fingerprint density at radius 1 is 0.909 bits per heavy atom. The highest BCUT2D eigenvalue weighted by atomic mass is 16.7. The van der Waals surface area contributed by atoms with Crippen molar-refractivity contribution in [1.29, 1.82) is 0 Å². The van der Waals surface area contributed by atoms with Gasteiger partial charge in [0, 0.05) is 12.1 Å². The SMILES string of the molecule is N[C@@H]1C[C@H](N)[C@@H](O[C@H]2O[C@H](C=O)[C@@H](O)[C@H](O)[C@H]2O)[C@H](O)[C@H]1O. The molecule has 22 heavy (non-hydrogen) atoms. The van der Waals surface area contributed by atoms with E-state index in [1.54, 1.807) is 0 Å². The maximum atomic E-state index is 10.8. The molecule has 10 nitrogen and oxygen atoms in total. The molecule has 0 radical (unpaired) electrons. The summed E-state index contributed by atoms with van der Waals surface area (Å²) in [4.78, 5) is 10.8. The second-order valence-electron chi connectivity index (χ2n) is 5.72. The molecule has 1 aliphatic heterocycles. The first-order valence-corrected chi connectivity index (χ1v) is 6.95. The Bertz CT molecular complexity index is 399. The first kappa shape index (κ1) is 17.7. The second kappa shape index (κ2) is 6.83. The Morgan fingerprint density at radius 3 is 2.14 bits per heavy atom. The van der Waals surface area contributed by atoms with Crippen molar-refractivity contribution in [1.82, 2.24) is 0 Å². The molecule has 0 bridgehead atoms. The van der Waals surface area contributed by atoms with E-state index >= 15 is 0 Å². The molecule has 0 amide bonds. The van der Waals surface area contributed by atoms with Crippen LogP contribution in [0.1, 0.15) is 6.42 Å². The number of aldehydes is 1. The zero-order valence-corrected chi connectivity index (χ0v) is 11.7. The summed E-state index contributed by atoms with van der Waals surface area (Å²) < 4.78 is 10.4. The van der Waals surface area contributed by atoms with Crippen LogP contribution in [-0.4, -0.2) is 92.9 Å². The van der Waals surface area contributed by atoms with Gasteiger partial charge >= 0.3 is 0 Å². The predicted molar refractivity (Wildman–Crippen MR) is 70.2 cm³/mol. The van der Waals surface area contributed by atoms with Gasteiger partial charge in [-0.3, -0.25) is 0 Å². The summed E-state index contributed by atoms with van der Waals surface area (Å²) in [5.74, 6) is 0. The number of nitrogens with two attached hydrogens (primary N) is 2. The lowest BCUT2D eigenvalue weighted by atomic mass is 9.84. The highest BCUT2D eigenvalue weighted by Crippen LogP contribution is 2.27. The highest BCUT2D eigenvalue weighted by molar-refractivity contribution is 5.57. The summed E-state index contributed by atoms with van der Waals surface area (Å²) in [6.07, 6.45) is -11.2. The minimum absolute atomic E-state index is 0.161. The monoisotopic (exact) mass is 322 g/mol. The lowest BCUT2D eigenvalue weighted by Crippen LogP contribution is -2.65. The van der Waals surface area contributed by atoms with E-state index in [0.29, 0.717) is 0 Å². The van der Waals surface area contributed by atoms with Crippen LogP contribution < -0.4 is 11.5 Å². The van der Waals surface area contributed by atoms with Crippen molar-refractivity contribution >= 4 is 6.29 Å². The number of aliphatic hydroxyl groups excluding tert-OH is 5. The summed E-state index contributed by atoms with van der Waals surface area (Å²) >= 11 is 0. The fraction of sp³-hybridized carbons (Fsp3) is 0.917. The van der Waals surface area contributed by atoms with Crippen LogP contribution in [-0.2, 0) is 14.3 Å². The maximum Gasteiger partial charge on any atom is 0.187 e. The van der Waals surface area contributed by atoms with E-state index in [-0.39, 0.29) is 12.7 Å². The Hall–Kier alpha value is -0.690. The van der Waals surface area contributed by atoms with Gasteiger partial charge in [-0.05, 0) is 6.42 Å². The summed E-state index contributed by atoms with van der Waals surface area (Å²) in [7, 11) is 0. The molecule has 1 heterocycles. The number of ether oxygens (including phenoxy) is 2. The Balaban J connectivity index is 2.09. The third kappa shape index (κ3) is 3.15. The molecule has 2 fully saturated rings. The smallest absolute Gasteiger partial charge is 0.187 e. The van der Waals surface area contributed by atoms with Gasteiger partial charge in [-0.15, -0.1) is 0 Å². The number of carbonyl (C=O) groups excluding carboxylic acids is 1. The molecule has 10 heteroatoms. The number of hydrogen-bond acceptors (Lipinski definition) is 10. The summed E-state index contributed by atoms with van der Waals surface area (Å²) in [5.41, 5.74) is 11.4. The summed E-state index contributed by atoms with van der Waals surface area (Å²) in [6.45, 7) is 0. The normalized spacial score (nSPS) is 53.2. The first-order valence-electron chi connectivity index (χ1n) is 6.95. The van der Waals surface area contributed by atoms with Crippen LogP contribution >= 0.6 is 0 Å². The van der Waals surface area contributed by atoms with Crippen molar-refractivity contribution in [3.8, 4) is 0 Å². The van der Waals surface area contributed by atoms with Crippen molar-refractivity contribution in [3.05, 3.63) is 0 Å². The quantitative estimate of drug-likeness (QED) is 0.248. The summed E-state index contributed by atoms with van der Waals surface area (Å²) in [5, 5.41) is 48.9. The third-order valence-corrected chi connectivity index (χ3v) is 4.12. The molecular formula is C12H22N2O8. The minimum Gasteiger partial charge on any atom is -0.389 e. The zero-order valence-electron chi connectivity index (χ0n) is 11.7. The topological polar surface area (TPSA) is 189 Å². The second-order valence-corrected chi connectivity index (χ2v) is 5.72. The van der Waals surface area contributed by atoms with Crippen molar-refractivity contribution in [2.45, 2.75) is 67.5 Å². The highest BCUT2D eigenvalue weighted by Gasteiger charge is 2.48. The molecule has 1 aliphatic carbocycles. The van der Waals surface area contributed by atoms with E-state index in [4.69, 9.17) is 20.9 Å². The number of carbonyl (C=O) groups is 1. The van der Waals surface area contributed by atoms with Crippen LogP contribution in [0.4, 0.5) is 0 Å². The first-order chi connectivity index (χ1) is 10.3. The van der Waals surface area contributed by atoms with Gasteiger partial charge in [0.1, 0.15) is 36.6 Å². The van der Waals surface area contributed by atoms with Crippen LogP contribution in [0.25, 0.3) is 0 Å². The van der Waals surface area contributed by atoms with Gasteiger partial charge in [0.2, 0.25) is 0 Å². The summed E-state index contributed by atoms with van der Waals surface area (Å²) in [6, 6.07) is -1.47. The Morgan fingerprint density at radius 2 is 1.55 bits per heavy atom. The van der Waals surface area contributed by atoms with E-state index < -0.39 is 61.1 Å². The standard InChI is InChI=1S/C12H22N2O8/c13-3-1-4(14)11(9(19)6(3)16)22-12-10(20)8(18)7(17)5(2-15)21-12/h2-12,16-20H,1,13-14H2/t3-,4+,5-,6+,7-,8+,9-,10-,11-,12-/m1/s1. The minimum atomic E-state index is -1.67. The molecule has 2 rings (SSSR count). The molecular weight excluding hydrogens is 300 g/mol. The van der Waals surface area contributed by atoms with Crippen molar-refractivity contribution in [2.24, 2.45) is 11.5 Å². The van der Waals surface area contributed by atoms with E-state index in [9.17, 15) is 30.3 Å². The van der Waals surface area contributed by atoms with Crippen molar-refractivity contribution in [3.63, 3.8) is 0 Å². The molecule has 1 saturated heterocycles. The van der Waals surface area contributed by atoms with Gasteiger partial charge in [-0.1, -0.05) is 0 Å². The van der Waals surface area contributed by atoms with Crippen LogP contribution in [0.2, 0.25) is 0 Å². The van der Waals surface area contributed by atoms with Crippen molar-refractivity contribution < 1.29 is 39.8 Å². The van der Waals surface area contributed by atoms with Gasteiger partial charge in [0.15, 0.2) is 12.6 Å². The Labute approximate surface area is 126 Å². The molecule has 128 valence electrons. The molecule has 1 saturated carbocycles. The molecule has 0 aromatic carbocycles. The van der Waals surface area contributed by atoms with Crippen LogP contribution in [0, 0.1) is 0 Å². The van der Waals surface area contributed by atoms with E-state index in [2.05, 4.69) is 0 Å². The van der Waals surface area contributed by atoms with Crippen LogP contribution in [0.15, 0.2) is 0 Å². The average molecular weight is 322 g/mol. The van der Waals surface area contributed by atoms with E-state index in [1.807, 2.05) is 0 Å². The number of hydrogen-bond donors (Lipinski definition) is 7. The molecule has 10 atom stereocenters. The molecule has 0 aromatic heterocycles. The Kier molecular flexibility index (Phi) is 5.48. The molecule has 0 aromatic rings. The lowest BCUT2D eigenvalue weighted by Gasteiger charge is -2.44. The fourth-order valence-corrected chi connectivity index (χ4v) is 2.72. The molecule has 2 aliphatic rings. The van der Waals surface area contributed by atoms with Crippen LogP contribution in [0.3, 0.4) is 0 Å². The van der Waals surface area contributed by atoms with E-state index in [1.165, 1.54) is 0 Å². The van der Waals surface area contributed by atoms with Gasteiger partial charge < -0.3 is 51.3 Å². The average Bonchev–Trinajstić information content (AvgIpc) is 2.49. The van der Waals surface area contributed by atoms with Gasteiger partial charge in [0.05, 0.1) is 6.10 Å². The number of rotatable bonds is 3. The van der Waals surface area contributed by atoms with Gasteiger partial charge in [-0.25, -0.2) is 0 Å². The molecule has 9 N–H and O–H groups in total. The molecule has 0 spiro atoms. The fourth-order valence-electron chi connectivity index (χ4n) is 2.72. The van der Waals surface area contributed by atoms with Crippen LogP contribution in [0.5, 0.6) is 0 Å². The predicted octanol–water partition coefficient (Wildman–Crippen LogP) is -4.84. The lowest BCUT2D eigenvalue weighted by molar-refractivity contribution is -0.312. The van der Waals surface area contributed by atoms with Gasteiger partial charge in [-0.2, -0.15) is 0 Å². The third-order valence-electron chi connectivity index (χ3n) is 4.12. The van der Waals surface area contributed by atoms with E-state index in [0.717, 1.165) is 0 Å². The zero-order chi connectivity index (χ0) is 16.6. The largest absolute Gasteiger partial charge is 0.389 e. The van der Waals surface area contributed by atoms with Crippen molar-refractivity contribution in [2.75, 3.05) is 0 Å². The van der Waals surface area contributed by atoms with Gasteiger partial charge in [0.25, 0.3) is 0 Å². The molecule has 0 unspecified atom stereocenters. The number of aliphatic hydroxyl groups is 5.